The van der Waals surface area contributed by atoms with Crippen molar-refractivity contribution in [1.29, 1.82) is 0 Å². The molecule has 0 radical (unpaired) electrons. The van der Waals surface area contributed by atoms with Crippen LogP contribution >= 0.6 is 0 Å². The molecular weight excluding hydrogens is 571 g/mol. The van der Waals surface area contributed by atoms with E-state index in [1.165, 1.54) is 39.0 Å². The number of aliphatic hydroxyl groups is 3. The Kier molecular flexibility index (Phi) is 17.5. The molecule has 3 nitrogen and oxygen atoms in total. The molecule has 31 heavy (non-hydrogen) atoms. The number of thiol groups is 1. The fourth-order valence-corrected chi connectivity index (χ4v) is 3.75. The van der Waals surface area contributed by atoms with Gasteiger partial charge in [0.2, 0.25) is 0 Å². The molecule has 0 aliphatic heterocycles. The molecule has 0 heterocycles. The molecule has 5 heteroatoms. The average Bonchev–Trinajstić information content (AvgIpc) is 3.14. The Morgan fingerprint density at radius 3 is 1.71 bits per heavy atom. The van der Waals surface area contributed by atoms with Gasteiger partial charge >= 0.3 is 0 Å². The van der Waals surface area contributed by atoms with Gasteiger partial charge < -0.3 is 28.8 Å². The zero-order valence-electron chi connectivity index (χ0n) is 18.9. The third-order valence-electron chi connectivity index (χ3n) is 4.86. The van der Waals surface area contributed by atoms with Gasteiger partial charge in [-0.25, -0.2) is 0 Å². The fraction of sp³-hybridized carbons (Fsp3) is 0.231. The summed E-state index contributed by atoms with van der Waals surface area (Å²) >= 11 is 0. The largest absolute Gasteiger partial charge is 0.813 e. The Hall–Kier alpha value is -1.50. The van der Waals surface area contributed by atoms with Crippen molar-refractivity contribution in [2.24, 2.45) is 0 Å². The summed E-state index contributed by atoms with van der Waals surface area (Å²) in [4.78, 5) is 0. The van der Waals surface area contributed by atoms with E-state index in [1.54, 1.807) is 0 Å². The average molecular weight is 604 g/mol. The maximum Gasteiger partial charge on any atom is 0.0319 e. The Balaban J connectivity index is 0. The van der Waals surface area contributed by atoms with E-state index in [9.17, 15) is 0 Å². The van der Waals surface area contributed by atoms with E-state index in [2.05, 4.69) is 92.7 Å². The van der Waals surface area contributed by atoms with Gasteiger partial charge in [0.1, 0.15) is 0 Å². The Bertz CT molecular complexity index is 912. The molecule has 0 saturated heterocycles. The second kappa shape index (κ2) is 17.1. The molecule has 3 aromatic rings. The topological polar surface area (TPSA) is 60.7 Å². The number of aryl methyl sites for hydroxylation is 1. The minimum atomic E-state index is 0. The standard InChI is InChI=1S/C23H20.3CH4O.Hf.H2S/c1-16-9-6-7-12-19(16)23-17(2)15-22-20(13-8-14-21(22)23)18-10-4-3-5-11-18;3*1-2;;/h3-15,23H,1-2H3;3*2H,1H3;;1H2/p-1. The van der Waals surface area contributed by atoms with Crippen LogP contribution in [-0.4, -0.2) is 36.6 Å². The molecule has 3 aromatic carbocycles. The van der Waals surface area contributed by atoms with Gasteiger partial charge in [-0.2, -0.15) is 0 Å². The fourth-order valence-electron chi connectivity index (χ4n) is 3.75. The first-order chi connectivity index (χ1) is 14.3. The predicted molar refractivity (Wildman–Crippen MR) is 132 cm³/mol. The third kappa shape index (κ3) is 7.55. The third-order valence-corrected chi connectivity index (χ3v) is 4.86. The summed E-state index contributed by atoms with van der Waals surface area (Å²) in [6.07, 6.45) is 2.37. The zero-order valence-corrected chi connectivity index (χ0v) is 23.4. The monoisotopic (exact) mass is 605 g/mol. The second-order valence-electron chi connectivity index (χ2n) is 6.35. The molecule has 0 spiro atoms. The van der Waals surface area contributed by atoms with E-state index >= 15 is 0 Å². The smallest absolute Gasteiger partial charge is 0.0319 e. The van der Waals surface area contributed by atoms with Crippen molar-refractivity contribution in [3.8, 4) is 11.1 Å². The van der Waals surface area contributed by atoms with Crippen molar-refractivity contribution in [3.05, 3.63) is 101 Å². The van der Waals surface area contributed by atoms with Crippen LogP contribution in [-0.2, 0) is 39.3 Å². The van der Waals surface area contributed by atoms with Crippen molar-refractivity contribution < 1.29 is 41.2 Å². The van der Waals surface area contributed by atoms with E-state index < -0.39 is 0 Å². The molecule has 0 amide bonds. The summed E-state index contributed by atoms with van der Waals surface area (Å²) in [5.74, 6) is 0.384. The quantitative estimate of drug-likeness (QED) is 0.225. The molecule has 1 atom stereocenters. The van der Waals surface area contributed by atoms with Crippen LogP contribution in [0.5, 0.6) is 0 Å². The molecule has 1 aliphatic carbocycles. The van der Waals surface area contributed by atoms with Crippen molar-refractivity contribution >= 4 is 19.6 Å². The van der Waals surface area contributed by atoms with Gasteiger partial charge in [-0.1, -0.05) is 84.4 Å². The molecule has 1 unspecified atom stereocenters. The van der Waals surface area contributed by atoms with E-state index in [4.69, 9.17) is 15.3 Å². The Morgan fingerprint density at radius 1 is 0.613 bits per heavy atom. The molecule has 4 rings (SSSR count). The van der Waals surface area contributed by atoms with E-state index in [-0.39, 0.29) is 39.3 Å². The van der Waals surface area contributed by atoms with Crippen molar-refractivity contribution in [3.63, 3.8) is 0 Å². The van der Waals surface area contributed by atoms with E-state index in [1.807, 2.05) is 0 Å². The van der Waals surface area contributed by atoms with Crippen LogP contribution in [0.2, 0.25) is 0 Å². The van der Waals surface area contributed by atoms with Crippen LogP contribution in [0.4, 0.5) is 0 Å². The minimum Gasteiger partial charge on any atom is -0.813 e. The molecule has 1 aliphatic rings. The number of aliphatic hydroxyl groups excluding tert-OH is 3. The van der Waals surface area contributed by atoms with Gasteiger partial charge in [-0.3, -0.25) is 0 Å². The summed E-state index contributed by atoms with van der Waals surface area (Å²) in [5, 5.41) is 21.0. The summed E-state index contributed by atoms with van der Waals surface area (Å²) in [5.41, 5.74) is 9.64. The van der Waals surface area contributed by atoms with E-state index in [0.717, 1.165) is 21.3 Å². The number of hydrogen-bond acceptors (Lipinski definition) is 4. The molecule has 0 saturated carbocycles. The van der Waals surface area contributed by atoms with Gasteiger partial charge in [0.15, 0.2) is 0 Å². The van der Waals surface area contributed by atoms with Crippen LogP contribution in [0.25, 0.3) is 17.2 Å². The Labute approximate surface area is 212 Å². The maximum atomic E-state index is 7.00. The van der Waals surface area contributed by atoms with Gasteiger partial charge in [0.25, 0.3) is 0 Å². The number of hydrogen-bond donors (Lipinski definition) is 3. The van der Waals surface area contributed by atoms with Crippen molar-refractivity contribution in [2.45, 2.75) is 19.8 Å². The van der Waals surface area contributed by atoms with Crippen LogP contribution in [0, 0.1) is 6.92 Å². The first-order valence-electron chi connectivity index (χ1n) is 9.52. The van der Waals surface area contributed by atoms with Gasteiger partial charge in [0.05, 0.1) is 0 Å². The van der Waals surface area contributed by atoms with Crippen LogP contribution in [0.1, 0.15) is 35.1 Å². The molecule has 166 valence electrons. The van der Waals surface area contributed by atoms with Gasteiger partial charge in [-0.15, -0.1) is 0 Å². The molecule has 0 fully saturated rings. The second-order valence-corrected chi connectivity index (χ2v) is 6.35. The van der Waals surface area contributed by atoms with Crippen molar-refractivity contribution in [2.75, 3.05) is 21.3 Å². The molecule has 3 N–H and O–H groups in total. The summed E-state index contributed by atoms with van der Waals surface area (Å²) in [6, 6.07) is 26.1. The van der Waals surface area contributed by atoms with Crippen LogP contribution < -0.4 is 0 Å². The number of benzene rings is 3. The first kappa shape index (κ1) is 31.7. The number of rotatable bonds is 2. The minimum absolute atomic E-state index is 0. The molecular formula is C26H33HfO3S-. The SMILES string of the molecule is CC1=Cc2c(-c3ccccc3)cccc2C1c1ccccc1C.CO.CO.CO.[Hf].[SH-]. The summed E-state index contributed by atoms with van der Waals surface area (Å²) < 4.78 is 0. The van der Waals surface area contributed by atoms with E-state index in [0.29, 0.717) is 5.92 Å². The Morgan fingerprint density at radius 2 is 1.13 bits per heavy atom. The molecule has 0 bridgehead atoms. The number of fused-ring (bicyclic) bond motifs is 1. The normalized spacial score (nSPS) is 12.5. The van der Waals surface area contributed by atoms with Crippen molar-refractivity contribution in [1.82, 2.24) is 0 Å². The summed E-state index contributed by atoms with van der Waals surface area (Å²) in [7, 11) is 3.00. The predicted octanol–water partition coefficient (Wildman–Crippen LogP) is 4.76. The summed E-state index contributed by atoms with van der Waals surface area (Å²) in [6.45, 7) is 4.47. The van der Waals surface area contributed by atoms with Gasteiger partial charge in [-0.05, 0) is 47.2 Å². The number of allylic oxidation sites excluding steroid dienone is 1. The van der Waals surface area contributed by atoms with Gasteiger partial charge in [0, 0.05) is 53.1 Å². The maximum absolute atomic E-state index is 7.00. The first-order valence-corrected chi connectivity index (χ1v) is 9.52. The molecule has 0 aromatic heterocycles. The zero-order chi connectivity index (χ0) is 21.8. The van der Waals surface area contributed by atoms with Crippen LogP contribution in [0.3, 0.4) is 0 Å². The van der Waals surface area contributed by atoms with Crippen LogP contribution in [0.15, 0.2) is 78.4 Å².